The molecular weight excluding hydrogens is 353 g/mol. The highest BCUT2D eigenvalue weighted by Gasteiger charge is 2.33. The van der Waals surface area contributed by atoms with Crippen LogP contribution in [0.4, 0.5) is 5.69 Å². The molecule has 100 valence electrons. The van der Waals surface area contributed by atoms with Crippen molar-refractivity contribution in [1.82, 2.24) is 9.55 Å². The maximum atomic E-state index is 5.90. The van der Waals surface area contributed by atoms with Gasteiger partial charge in [-0.2, -0.15) is 0 Å². The third-order valence-corrected chi connectivity index (χ3v) is 5.02. The number of aromatic nitrogens is 2. The largest absolute Gasteiger partial charge is 0.371 e. The molecule has 2 aliphatic rings. The molecule has 4 heterocycles. The number of halogens is 1. The van der Waals surface area contributed by atoms with Crippen LogP contribution in [0.2, 0.25) is 0 Å². The Morgan fingerprint density at radius 2 is 2.05 bits per heavy atom. The number of hydrogen-bond donors (Lipinski definition) is 0. The number of aryl methyl sites for hydroxylation is 1. The van der Waals surface area contributed by atoms with Gasteiger partial charge < -0.3 is 14.2 Å². The second-order valence-electron chi connectivity index (χ2n) is 5.52. The van der Waals surface area contributed by atoms with Gasteiger partial charge in [-0.05, 0) is 41.5 Å². The molecule has 0 N–H and O–H groups in total. The molecule has 2 aromatic heterocycles. The minimum absolute atomic E-state index is 0.421. The summed E-state index contributed by atoms with van der Waals surface area (Å²) in [5.74, 6) is 0. The SMILES string of the molecule is Cn1cc(I)c2cc(N3CC4CCC(C3)O4)cnc21. The normalized spacial score (nSPS) is 26.3. The predicted octanol–water partition coefficient (Wildman–Crippen LogP) is 2.55. The van der Waals surface area contributed by atoms with Crippen LogP contribution in [0.3, 0.4) is 0 Å². The number of hydrogen-bond acceptors (Lipinski definition) is 3. The molecule has 0 radical (unpaired) electrons. The Hall–Kier alpha value is -0.820. The fourth-order valence-electron chi connectivity index (χ4n) is 3.20. The maximum Gasteiger partial charge on any atom is 0.140 e. The van der Waals surface area contributed by atoms with Gasteiger partial charge in [0.2, 0.25) is 0 Å². The van der Waals surface area contributed by atoms with Gasteiger partial charge in [-0.3, -0.25) is 0 Å². The molecule has 0 aliphatic carbocycles. The van der Waals surface area contributed by atoms with Crippen LogP contribution in [0.5, 0.6) is 0 Å². The van der Waals surface area contributed by atoms with Crippen LogP contribution in [-0.2, 0) is 11.8 Å². The van der Waals surface area contributed by atoms with Gasteiger partial charge >= 0.3 is 0 Å². The standard InChI is InChI=1S/C14H16IN3O/c1-17-8-13(15)12-4-9(5-16-14(12)17)18-6-10-2-3-11(7-18)19-10/h4-5,8,10-11H,2-3,6-7H2,1H3. The van der Waals surface area contributed by atoms with Crippen molar-refractivity contribution in [3.8, 4) is 0 Å². The summed E-state index contributed by atoms with van der Waals surface area (Å²) in [4.78, 5) is 7.05. The topological polar surface area (TPSA) is 30.3 Å². The highest BCUT2D eigenvalue weighted by Crippen LogP contribution is 2.31. The lowest BCUT2D eigenvalue weighted by molar-refractivity contribution is 0.0305. The van der Waals surface area contributed by atoms with Crippen LogP contribution in [-0.4, -0.2) is 34.8 Å². The molecule has 5 heteroatoms. The van der Waals surface area contributed by atoms with Crippen molar-refractivity contribution in [1.29, 1.82) is 0 Å². The smallest absolute Gasteiger partial charge is 0.140 e. The van der Waals surface area contributed by atoms with Gasteiger partial charge in [0.15, 0.2) is 0 Å². The molecule has 2 unspecified atom stereocenters. The van der Waals surface area contributed by atoms with Crippen LogP contribution in [0.25, 0.3) is 11.0 Å². The average Bonchev–Trinajstić information content (AvgIpc) is 2.90. The summed E-state index contributed by atoms with van der Waals surface area (Å²) in [6.45, 7) is 2.01. The van der Waals surface area contributed by atoms with E-state index >= 15 is 0 Å². The zero-order valence-corrected chi connectivity index (χ0v) is 13.0. The van der Waals surface area contributed by atoms with Crippen LogP contribution >= 0.6 is 22.6 Å². The Labute approximate surface area is 125 Å². The van der Waals surface area contributed by atoms with E-state index < -0.39 is 0 Å². The number of morpholine rings is 1. The van der Waals surface area contributed by atoms with Gasteiger partial charge in [0.05, 0.1) is 24.1 Å². The van der Waals surface area contributed by atoms with E-state index in [1.54, 1.807) is 0 Å². The van der Waals surface area contributed by atoms with E-state index in [-0.39, 0.29) is 0 Å². The zero-order valence-electron chi connectivity index (χ0n) is 10.8. The monoisotopic (exact) mass is 369 g/mol. The van der Waals surface area contributed by atoms with E-state index in [0.717, 1.165) is 18.7 Å². The molecule has 19 heavy (non-hydrogen) atoms. The summed E-state index contributed by atoms with van der Waals surface area (Å²) in [6.07, 6.45) is 7.39. The third kappa shape index (κ3) is 1.94. The van der Waals surface area contributed by atoms with Crippen molar-refractivity contribution in [2.75, 3.05) is 18.0 Å². The highest BCUT2D eigenvalue weighted by molar-refractivity contribution is 14.1. The van der Waals surface area contributed by atoms with Crippen LogP contribution in [0.1, 0.15) is 12.8 Å². The van der Waals surface area contributed by atoms with Gasteiger partial charge in [0.25, 0.3) is 0 Å². The van der Waals surface area contributed by atoms with Gasteiger partial charge in [-0.15, -0.1) is 0 Å². The summed E-state index contributed by atoms with van der Waals surface area (Å²) in [7, 11) is 2.05. The Balaban J connectivity index is 1.73. The van der Waals surface area contributed by atoms with Gasteiger partial charge in [0.1, 0.15) is 5.65 Å². The minimum Gasteiger partial charge on any atom is -0.371 e. The molecule has 0 aromatic carbocycles. The molecule has 2 fully saturated rings. The van der Waals surface area contributed by atoms with Gasteiger partial charge in [-0.1, -0.05) is 0 Å². The molecule has 0 saturated carbocycles. The number of pyridine rings is 1. The second kappa shape index (κ2) is 4.34. The van der Waals surface area contributed by atoms with Crippen LogP contribution in [0.15, 0.2) is 18.5 Å². The maximum absolute atomic E-state index is 5.90. The van der Waals surface area contributed by atoms with E-state index in [9.17, 15) is 0 Å². The Morgan fingerprint density at radius 3 is 2.79 bits per heavy atom. The van der Waals surface area contributed by atoms with Crippen molar-refractivity contribution in [3.05, 3.63) is 22.0 Å². The van der Waals surface area contributed by atoms with E-state index in [2.05, 4.69) is 49.3 Å². The Bertz CT molecular complexity index is 627. The van der Waals surface area contributed by atoms with Crippen molar-refractivity contribution in [2.24, 2.45) is 7.05 Å². The summed E-state index contributed by atoms with van der Waals surface area (Å²) >= 11 is 2.38. The number of rotatable bonds is 1. The number of nitrogens with zero attached hydrogens (tertiary/aromatic N) is 3. The first kappa shape index (κ1) is 12.0. The molecule has 4 nitrogen and oxygen atoms in total. The highest BCUT2D eigenvalue weighted by atomic mass is 127. The van der Waals surface area contributed by atoms with E-state index in [4.69, 9.17) is 4.74 Å². The summed E-state index contributed by atoms with van der Waals surface area (Å²) in [5, 5.41) is 1.25. The van der Waals surface area contributed by atoms with Crippen LogP contribution in [0, 0.1) is 3.57 Å². The average molecular weight is 369 g/mol. The van der Waals surface area contributed by atoms with Gasteiger partial charge in [-0.25, -0.2) is 4.98 Å². The lowest BCUT2D eigenvalue weighted by Gasteiger charge is -2.33. The molecule has 0 amide bonds. The zero-order chi connectivity index (χ0) is 13.0. The first-order valence-corrected chi connectivity index (χ1v) is 7.79. The quantitative estimate of drug-likeness (QED) is 0.724. The summed E-state index contributed by atoms with van der Waals surface area (Å²) in [6, 6.07) is 2.27. The fraction of sp³-hybridized carbons (Fsp3) is 0.500. The second-order valence-corrected chi connectivity index (χ2v) is 6.68. The Morgan fingerprint density at radius 1 is 1.32 bits per heavy atom. The molecular formula is C14H16IN3O. The third-order valence-electron chi connectivity index (χ3n) is 4.16. The first-order valence-electron chi connectivity index (χ1n) is 6.71. The van der Waals surface area contributed by atoms with Crippen LogP contribution < -0.4 is 4.90 Å². The van der Waals surface area contributed by atoms with Crippen molar-refractivity contribution in [2.45, 2.75) is 25.0 Å². The molecule has 2 aliphatic heterocycles. The fourth-order valence-corrected chi connectivity index (χ4v) is 4.02. The molecule has 2 saturated heterocycles. The number of fused-ring (bicyclic) bond motifs is 3. The van der Waals surface area contributed by atoms with E-state index in [1.165, 1.54) is 27.5 Å². The van der Waals surface area contributed by atoms with E-state index in [1.807, 2.05) is 13.2 Å². The summed E-state index contributed by atoms with van der Waals surface area (Å²) < 4.78 is 9.25. The minimum atomic E-state index is 0.421. The number of anilines is 1. The van der Waals surface area contributed by atoms with Crippen molar-refractivity contribution in [3.63, 3.8) is 0 Å². The molecule has 4 rings (SSSR count). The molecule has 2 bridgehead atoms. The predicted molar refractivity (Wildman–Crippen MR) is 83.5 cm³/mol. The molecule has 0 spiro atoms. The van der Waals surface area contributed by atoms with Crippen molar-refractivity contribution >= 4 is 39.3 Å². The summed E-state index contributed by atoms with van der Waals surface area (Å²) in [5.41, 5.74) is 2.29. The lowest BCUT2D eigenvalue weighted by atomic mass is 10.2. The molecule has 2 atom stereocenters. The molecule has 2 aromatic rings. The van der Waals surface area contributed by atoms with Gasteiger partial charge in [0, 0.05) is 35.3 Å². The number of ether oxygens (including phenoxy) is 1. The van der Waals surface area contributed by atoms with Crippen molar-refractivity contribution < 1.29 is 4.74 Å². The Kier molecular flexibility index (Phi) is 2.73. The van der Waals surface area contributed by atoms with E-state index in [0.29, 0.717) is 12.2 Å². The lowest BCUT2D eigenvalue weighted by Crippen LogP contribution is -2.42. The first-order chi connectivity index (χ1) is 9.20.